The molecule has 14 heavy (non-hydrogen) atoms. The van der Waals surface area contributed by atoms with Gasteiger partial charge in [-0.05, 0) is 37.5 Å². The summed E-state index contributed by atoms with van der Waals surface area (Å²) in [7, 11) is 0. The van der Waals surface area contributed by atoms with Crippen LogP contribution < -0.4 is 5.32 Å². The molecule has 0 aromatic heterocycles. The summed E-state index contributed by atoms with van der Waals surface area (Å²) < 4.78 is 0. The topological polar surface area (TPSA) is 12.0 Å². The molecule has 2 atom stereocenters. The number of hydrogen-bond donors (Lipinski definition) is 1. The molecule has 0 radical (unpaired) electrons. The van der Waals surface area contributed by atoms with Crippen LogP contribution in [-0.2, 0) is 0 Å². The molecule has 1 rings (SSSR count). The monoisotopic (exact) mass is 215 g/mol. The molecule has 2 heteroatoms. The Balaban J connectivity index is 2.18. The van der Waals surface area contributed by atoms with Crippen molar-refractivity contribution in [1.29, 1.82) is 0 Å². The Morgan fingerprint density at radius 1 is 1.36 bits per heavy atom. The van der Waals surface area contributed by atoms with Crippen molar-refractivity contribution in [1.82, 2.24) is 5.32 Å². The van der Waals surface area contributed by atoms with Gasteiger partial charge in [-0.2, -0.15) is 11.8 Å². The third kappa shape index (κ3) is 4.70. The summed E-state index contributed by atoms with van der Waals surface area (Å²) in [6, 6.07) is 0.801. The van der Waals surface area contributed by atoms with Gasteiger partial charge in [-0.25, -0.2) is 0 Å². The second-order valence-electron chi connectivity index (χ2n) is 4.74. The van der Waals surface area contributed by atoms with Gasteiger partial charge in [0, 0.05) is 11.3 Å². The largest absolute Gasteiger partial charge is 0.314 e. The maximum Gasteiger partial charge on any atom is 0.00777 e. The fraction of sp³-hybridized carbons (Fsp3) is 1.00. The molecule has 1 nitrogen and oxygen atoms in total. The minimum absolute atomic E-state index is 0.786. The maximum absolute atomic E-state index is 3.70. The van der Waals surface area contributed by atoms with Gasteiger partial charge in [-0.15, -0.1) is 0 Å². The molecule has 1 aliphatic rings. The zero-order valence-corrected chi connectivity index (χ0v) is 10.7. The van der Waals surface area contributed by atoms with Crippen LogP contribution in [0.15, 0.2) is 0 Å². The van der Waals surface area contributed by atoms with E-state index >= 15 is 0 Å². The zero-order chi connectivity index (χ0) is 10.4. The van der Waals surface area contributed by atoms with Crippen molar-refractivity contribution in [3.8, 4) is 0 Å². The van der Waals surface area contributed by atoms with Crippen LogP contribution in [0.25, 0.3) is 0 Å². The Kier molecular flexibility index (Phi) is 5.95. The first kappa shape index (κ1) is 12.4. The first-order chi connectivity index (χ1) is 6.72. The van der Waals surface area contributed by atoms with Crippen LogP contribution in [0.5, 0.6) is 0 Å². The SMILES string of the molecule is CCSC1CCCC(NCC(C)C)C1. The van der Waals surface area contributed by atoms with Gasteiger partial charge in [0.15, 0.2) is 0 Å². The van der Waals surface area contributed by atoms with Gasteiger partial charge in [0.1, 0.15) is 0 Å². The van der Waals surface area contributed by atoms with Crippen molar-refractivity contribution in [2.75, 3.05) is 12.3 Å². The summed E-state index contributed by atoms with van der Waals surface area (Å²) in [4.78, 5) is 0. The van der Waals surface area contributed by atoms with E-state index in [0.29, 0.717) is 0 Å². The molecule has 1 fully saturated rings. The van der Waals surface area contributed by atoms with E-state index in [1.807, 2.05) is 0 Å². The highest BCUT2D eigenvalue weighted by molar-refractivity contribution is 7.99. The second kappa shape index (κ2) is 6.73. The highest BCUT2D eigenvalue weighted by Gasteiger charge is 2.21. The fourth-order valence-electron chi connectivity index (χ4n) is 2.12. The van der Waals surface area contributed by atoms with E-state index in [2.05, 4.69) is 37.8 Å². The van der Waals surface area contributed by atoms with E-state index in [-0.39, 0.29) is 0 Å². The molecular weight excluding hydrogens is 190 g/mol. The number of thioether (sulfide) groups is 1. The van der Waals surface area contributed by atoms with E-state index in [1.54, 1.807) is 0 Å². The highest BCUT2D eigenvalue weighted by Crippen LogP contribution is 2.28. The van der Waals surface area contributed by atoms with E-state index < -0.39 is 0 Å². The van der Waals surface area contributed by atoms with E-state index in [1.165, 1.54) is 38.0 Å². The van der Waals surface area contributed by atoms with Gasteiger partial charge in [0.05, 0.1) is 0 Å². The van der Waals surface area contributed by atoms with Crippen LogP contribution in [0.4, 0.5) is 0 Å². The predicted octanol–water partition coefficient (Wildman–Crippen LogP) is 3.30. The Bertz CT molecular complexity index is 145. The third-order valence-electron chi connectivity index (χ3n) is 2.84. The fourth-order valence-corrected chi connectivity index (χ4v) is 3.29. The Hall–Kier alpha value is 0.310. The van der Waals surface area contributed by atoms with Crippen molar-refractivity contribution in [2.24, 2.45) is 5.92 Å². The summed E-state index contributed by atoms with van der Waals surface area (Å²) in [5.41, 5.74) is 0. The normalized spacial score (nSPS) is 28.3. The van der Waals surface area contributed by atoms with Crippen LogP contribution in [0.1, 0.15) is 46.5 Å². The van der Waals surface area contributed by atoms with E-state index in [4.69, 9.17) is 0 Å². The minimum atomic E-state index is 0.786. The molecule has 0 bridgehead atoms. The molecule has 0 aromatic rings. The number of nitrogens with one attached hydrogen (secondary N) is 1. The molecule has 0 amide bonds. The molecule has 0 aliphatic heterocycles. The molecule has 0 aromatic carbocycles. The molecule has 0 saturated heterocycles. The van der Waals surface area contributed by atoms with Crippen LogP contribution in [0, 0.1) is 5.92 Å². The van der Waals surface area contributed by atoms with Gasteiger partial charge in [-0.1, -0.05) is 27.2 Å². The van der Waals surface area contributed by atoms with Crippen LogP contribution in [0.2, 0.25) is 0 Å². The molecule has 84 valence electrons. The number of hydrogen-bond acceptors (Lipinski definition) is 2. The summed E-state index contributed by atoms with van der Waals surface area (Å²) in [5, 5.41) is 4.63. The van der Waals surface area contributed by atoms with Gasteiger partial charge in [0.25, 0.3) is 0 Å². The standard InChI is InChI=1S/C12H25NS/c1-4-14-12-7-5-6-11(8-12)13-9-10(2)3/h10-13H,4-9H2,1-3H3. The highest BCUT2D eigenvalue weighted by atomic mass is 32.2. The van der Waals surface area contributed by atoms with Gasteiger partial charge < -0.3 is 5.32 Å². The van der Waals surface area contributed by atoms with Gasteiger partial charge in [0.2, 0.25) is 0 Å². The molecule has 1 N–H and O–H groups in total. The van der Waals surface area contributed by atoms with Crippen molar-refractivity contribution in [3.63, 3.8) is 0 Å². The average Bonchev–Trinajstić information content (AvgIpc) is 2.16. The Morgan fingerprint density at radius 2 is 2.14 bits per heavy atom. The van der Waals surface area contributed by atoms with Crippen molar-refractivity contribution in [3.05, 3.63) is 0 Å². The Morgan fingerprint density at radius 3 is 2.79 bits per heavy atom. The lowest BCUT2D eigenvalue weighted by Gasteiger charge is -2.29. The van der Waals surface area contributed by atoms with Crippen molar-refractivity contribution in [2.45, 2.75) is 57.7 Å². The van der Waals surface area contributed by atoms with E-state index in [9.17, 15) is 0 Å². The van der Waals surface area contributed by atoms with Gasteiger partial charge >= 0.3 is 0 Å². The minimum Gasteiger partial charge on any atom is -0.314 e. The maximum atomic E-state index is 3.70. The first-order valence-electron chi connectivity index (χ1n) is 6.07. The lowest BCUT2D eigenvalue weighted by atomic mass is 9.94. The Labute approximate surface area is 93.4 Å². The average molecular weight is 215 g/mol. The molecular formula is C12H25NS. The summed E-state index contributed by atoms with van der Waals surface area (Å²) in [6.07, 6.45) is 5.66. The molecule has 2 unspecified atom stereocenters. The summed E-state index contributed by atoms with van der Waals surface area (Å²) >= 11 is 2.15. The van der Waals surface area contributed by atoms with Crippen LogP contribution >= 0.6 is 11.8 Å². The number of rotatable bonds is 5. The zero-order valence-electron chi connectivity index (χ0n) is 9.88. The van der Waals surface area contributed by atoms with Crippen LogP contribution in [-0.4, -0.2) is 23.6 Å². The quantitative estimate of drug-likeness (QED) is 0.755. The third-order valence-corrected chi connectivity index (χ3v) is 4.08. The lowest BCUT2D eigenvalue weighted by molar-refractivity contribution is 0.364. The second-order valence-corrected chi connectivity index (χ2v) is 6.32. The predicted molar refractivity (Wildman–Crippen MR) is 67.0 cm³/mol. The smallest absolute Gasteiger partial charge is 0.00777 e. The summed E-state index contributed by atoms with van der Waals surface area (Å²) in [6.45, 7) is 8.03. The first-order valence-corrected chi connectivity index (χ1v) is 7.12. The molecule has 0 spiro atoms. The molecule has 1 aliphatic carbocycles. The van der Waals surface area contributed by atoms with Crippen LogP contribution in [0.3, 0.4) is 0 Å². The molecule has 0 heterocycles. The van der Waals surface area contributed by atoms with Crippen molar-refractivity contribution < 1.29 is 0 Å². The summed E-state index contributed by atoms with van der Waals surface area (Å²) in [5.74, 6) is 2.07. The van der Waals surface area contributed by atoms with Crippen molar-refractivity contribution >= 4 is 11.8 Å². The lowest BCUT2D eigenvalue weighted by Crippen LogP contribution is -2.37. The van der Waals surface area contributed by atoms with Gasteiger partial charge in [-0.3, -0.25) is 0 Å². The molecule has 1 saturated carbocycles. The van der Waals surface area contributed by atoms with E-state index in [0.717, 1.165) is 17.2 Å².